The maximum Gasteiger partial charge on any atom is 0.266 e. The van der Waals surface area contributed by atoms with Gasteiger partial charge in [-0.1, -0.05) is 29.8 Å². The summed E-state index contributed by atoms with van der Waals surface area (Å²) in [5.74, 6) is 0.102. The van der Waals surface area contributed by atoms with Crippen LogP contribution in [0.15, 0.2) is 54.1 Å². The van der Waals surface area contributed by atoms with E-state index < -0.39 is 5.91 Å². The summed E-state index contributed by atoms with van der Waals surface area (Å²) < 4.78 is 5.20. The molecule has 22 heavy (non-hydrogen) atoms. The molecule has 2 aromatic carbocycles. The minimum Gasteiger partial charge on any atom is -0.496 e. The number of rotatable bonds is 4. The van der Waals surface area contributed by atoms with Crippen molar-refractivity contribution in [1.82, 2.24) is 0 Å². The van der Waals surface area contributed by atoms with E-state index in [9.17, 15) is 10.1 Å². The molecule has 0 radical (unpaired) electrons. The number of anilines is 1. The van der Waals surface area contributed by atoms with Crippen LogP contribution in [0.4, 0.5) is 5.69 Å². The van der Waals surface area contributed by atoms with Crippen LogP contribution in [0.2, 0.25) is 5.02 Å². The zero-order valence-corrected chi connectivity index (χ0v) is 12.6. The zero-order valence-electron chi connectivity index (χ0n) is 11.8. The van der Waals surface area contributed by atoms with E-state index in [0.717, 1.165) is 0 Å². The number of nitriles is 1. The van der Waals surface area contributed by atoms with Crippen molar-refractivity contribution in [1.29, 1.82) is 5.26 Å². The molecule has 1 N–H and O–H groups in total. The SMILES string of the molecule is COc1ccccc1C=C(C#N)C(=O)Nc1ccc(Cl)cc1. The summed E-state index contributed by atoms with van der Waals surface area (Å²) in [5, 5.41) is 12.4. The monoisotopic (exact) mass is 312 g/mol. The molecule has 0 saturated carbocycles. The van der Waals surface area contributed by atoms with Gasteiger partial charge in [0, 0.05) is 16.3 Å². The average Bonchev–Trinajstić information content (AvgIpc) is 2.55. The lowest BCUT2D eigenvalue weighted by atomic mass is 10.1. The van der Waals surface area contributed by atoms with Crippen LogP contribution < -0.4 is 10.1 Å². The van der Waals surface area contributed by atoms with E-state index in [1.54, 1.807) is 42.5 Å². The Labute approximate surface area is 133 Å². The lowest BCUT2D eigenvalue weighted by molar-refractivity contribution is -0.112. The maximum atomic E-state index is 12.2. The second-order valence-corrected chi connectivity index (χ2v) is 4.81. The molecule has 0 aliphatic heterocycles. The predicted molar refractivity (Wildman–Crippen MR) is 86.7 cm³/mol. The summed E-state index contributed by atoms with van der Waals surface area (Å²) in [6.07, 6.45) is 1.49. The Bertz CT molecular complexity index is 746. The third kappa shape index (κ3) is 3.87. The van der Waals surface area contributed by atoms with E-state index in [2.05, 4.69) is 5.32 Å². The number of nitrogens with zero attached hydrogens (tertiary/aromatic N) is 1. The highest BCUT2D eigenvalue weighted by Gasteiger charge is 2.11. The Balaban J connectivity index is 2.24. The molecule has 2 rings (SSSR count). The Morgan fingerprint density at radius 1 is 1.23 bits per heavy atom. The lowest BCUT2D eigenvalue weighted by Crippen LogP contribution is -2.13. The number of nitrogens with one attached hydrogen (secondary N) is 1. The molecule has 0 bridgehead atoms. The third-order valence-corrected chi connectivity index (χ3v) is 3.16. The molecule has 0 heterocycles. The molecule has 0 aliphatic carbocycles. The van der Waals surface area contributed by atoms with Crippen LogP contribution in [0, 0.1) is 11.3 Å². The summed E-state index contributed by atoms with van der Waals surface area (Å²) in [4.78, 5) is 12.2. The number of para-hydroxylation sites is 1. The van der Waals surface area contributed by atoms with Gasteiger partial charge in [-0.25, -0.2) is 0 Å². The van der Waals surface area contributed by atoms with E-state index in [-0.39, 0.29) is 5.57 Å². The fourth-order valence-electron chi connectivity index (χ4n) is 1.82. The van der Waals surface area contributed by atoms with Gasteiger partial charge in [-0.3, -0.25) is 4.79 Å². The smallest absolute Gasteiger partial charge is 0.266 e. The number of benzene rings is 2. The van der Waals surface area contributed by atoms with Crippen LogP contribution >= 0.6 is 11.6 Å². The summed E-state index contributed by atoms with van der Waals surface area (Å²) in [6.45, 7) is 0. The van der Waals surface area contributed by atoms with Crippen molar-refractivity contribution in [3.8, 4) is 11.8 Å². The Hall–Kier alpha value is -2.77. The first kappa shape index (κ1) is 15.6. The largest absolute Gasteiger partial charge is 0.496 e. The molecule has 0 fully saturated rings. The van der Waals surface area contributed by atoms with Crippen molar-refractivity contribution in [3.63, 3.8) is 0 Å². The summed E-state index contributed by atoms with van der Waals surface area (Å²) in [5.41, 5.74) is 1.21. The molecular weight excluding hydrogens is 300 g/mol. The maximum absolute atomic E-state index is 12.2. The van der Waals surface area contributed by atoms with Gasteiger partial charge >= 0.3 is 0 Å². The fraction of sp³-hybridized carbons (Fsp3) is 0.0588. The summed E-state index contributed by atoms with van der Waals surface area (Å²) in [7, 11) is 1.53. The Morgan fingerprint density at radius 2 is 1.91 bits per heavy atom. The molecule has 0 saturated heterocycles. The van der Waals surface area contributed by atoms with E-state index in [0.29, 0.717) is 22.0 Å². The van der Waals surface area contributed by atoms with Crippen molar-refractivity contribution in [2.24, 2.45) is 0 Å². The quantitative estimate of drug-likeness (QED) is 0.688. The second kappa shape index (κ2) is 7.30. The lowest BCUT2D eigenvalue weighted by Gasteiger charge is -2.06. The van der Waals surface area contributed by atoms with Crippen LogP contribution in [-0.4, -0.2) is 13.0 Å². The van der Waals surface area contributed by atoms with Gasteiger partial charge < -0.3 is 10.1 Å². The van der Waals surface area contributed by atoms with Crippen LogP contribution in [0.1, 0.15) is 5.56 Å². The molecule has 0 unspecified atom stereocenters. The molecule has 5 heteroatoms. The first-order valence-corrected chi connectivity index (χ1v) is 6.83. The topological polar surface area (TPSA) is 62.1 Å². The summed E-state index contributed by atoms with van der Waals surface area (Å²) >= 11 is 5.79. The normalized spacial score (nSPS) is 10.7. The molecule has 0 aliphatic rings. The predicted octanol–water partition coefficient (Wildman–Crippen LogP) is 3.89. The van der Waals surface area contributed by atoms with Gasteiger partial charge in [-0.15, -0.1) is 0 Å². The highest BCUT2D eigenvalue weighted by molar-refractivity contribution is 6.30. The number of halogens is 1. The molecular formula is C17H13ClN2O2. The average molecular weight is 313 g/mol. The highest BCUT2D eigenvalue weighted by Crippen LogP contribution is 2.21. The number of methoxy groups -OCH3 is 1. The Morgan fingerprint density at radius 3 is 2.55 bits per heavy atom. The van der Waals surface area contributed by atoms with Gasteiger partial charge in [0.25, 0.3) is 5.91 Å². The van der Waals surface area contributed by atoms with Gasteiger partial charge in [-0.2, -0.15) is 5.26 Å². The van der Waals surface area contributed by atoms with Crippen molar-refractivity contribution in [3.05, 3.63) is 64.7 Å². The molecule has 0 spiro atoms. The van der Waals surface area contributed by atoms with Crippen LogP contribution in [0.25, 0.3) is 6.08 Å². The van der Waals surface area contributed by atoms with Gasteiger partial charge in [-0.05, 0) is 36.4 Å². The number of amides is 1. The highest BCUT2D eigenvalue weighted by atomic mass is 35.5. The number of hydrogen-bond donors (Lipinski definition) is 1. The van der Waals surface area contributed by atoms with E-state index in [1.807, 2.05) is 12.1 Å². The van der Waals surface area contributed by atoms with Crippen molar-refractivity contribution < 1.29 is 9.53 Å². The van der Waals surface area contributed by atoms with Crippen molar-refractivity contribution >= 4 is 29.3 Å². The van der Waals surface area contributed by atoms with Crippen molar-refractivity contribution in [2.75, 3.05) is 12.4 Å². The molecule has 110 valence electrons. The third-order valence-electron chi connectivity index (χ3n) is 2.91. The van der Waals surface area contributed by atoms with Gasteiger partial charge in [0.1, 0.15) is 17.4 Å². The van der Waals surface area contributed by atoms with Crippen LogP contribution in [0.5, 0.6) is 5.75 Å². The van der Waals surface area contributed by atoms with Crippen molar-refractivity contribution in [2.45, 2.75) is 0 Å². The molecule has 1 amide bonds. The molecule has 4 nitrogen and oxygen atoms in total. The first-order valence-electron chi connectivity index (χ1n) is 6.46. The van der Waals surface area contributed by atoms with Crippen LogP contribution in [0.3, 0.4) is 0 Å². The van der Waals surface area contributed by atoms with Gasteiger partial charge in [0.05, 0.1) is 7.11 Å². The van der Waals surface area contributed by atoms with E-state index in [1.165, 1.54) is 13.2 Å². The number of hydrogen-bond acceptors (Lipinski definition) is 3. The van der Waals surface area contributed by atoms with E-state index >= 15 is 0 Å². The minimum atomic E-state index is -0.490. The number of carbonyl (C=O) groups excluding carboxylic acids is 1. The van der Waals surface area contributed by atoms with Crippen LogP contribution in [-0.2, 0) is 4.79 Å². The second-order valence-electron chi connectivity index (χ2n) is 4.37. The Kier molecular flexibility index (Phi) is 5.18. The summed E-state index contributed by atoms with van der Waals surface area (Å²) in [6, 6.07) is 15.7. The number of carbonyl (C=O) groups is 1. The molecule has 0 aromatic heterocycles. The first-order chi connectivity index (χ1) is 10.6. The minimum absolute atomic E-state index is 0.0144. The van der Waals surface area contributed by atoms with Gasteiger partial charge in [0.2, 0.25) is 0 Å². The standard InChI is InChI=1S/C17H13ClN2O2/c1-22-16-5-3-2-4-12(16)10-13(11-19)17(21)20-15-8-6-14(18)7-9-15/h2-10H,1H3,(H,20,21). The fourth-order valence-corrected chi connectivity index (χ4v) is 1.95. The van der Waals surface area contributed by atoms with E-state index in [4.69, 9.17) is 16.3 Å². The number of ether oxygens (including phenoxy) is 1. The molecule has 0 atom stereocenters. The molecule has 2 aromatic rings. The zero-order chi connectivity index (χ0) is 15.9. The van der Waals surface area contributed by atoms with Gasteiger partial charge in [0.15, 0.2) is 0 Å².